The molecule has 2 aromatic carbocycles. The van der Waals surface area contributed by atoms with Crippen LogP contribution in [0.2, 0.25) is 0 Å². The van der Waals surface area contributed by atoms with Crippen molar-refractivity contribution in [2.24, 2.45) is 0 Å². The lowest BCUT2D eigenvalue weighted by Gasteiger charge is -2.32. The number of nitrogens with zero attached hydrogens (tertiary/aromatic N) is 3. The van der Waals surface area contributed by atoms with Gasteiger partial charge in [-0.3, -0.25) is 14.7 Å². The Hall–Kier alpha value is -4.01. The second-order valence-electron chi connectivity index (χ2n) is 8.91. The maximum atomic E-state index is 13.0. The minimum Gasteiger partial charge on any atom is -0.478 e. The molecule has 5 rings (SSSR count). The molecule has 3 heterocycles. The second kappa shape index (κ2) is 9.69. The van der Waals surface area contributed by atoms with Gasteiger partial charge in [-0.25, -0.2) is 4.79 Å². The number of hydrogen-bond donors (Lipinski definition) is 3. The number of carbonyl (C=O) groups excluding carboxylic acids is 1. The third kappa shape index (κ3) is 4.94. The van der Waals surface area contributed by atoms with Gasteiger partial charge in [0.2, 0.25) is 0 Å². The summed E-state index contributed by atoms with van der Waals surface area (Å²) in [7, 11) is 2.15. The van der Waals surface area contributed by atoms with Crippen molar-refractivity contribution in [3.05, 3.63) is 89.2 Å². The van der Waals surface area contributed by atoms with Gasteiger partial charge in [-0.15, -0.1) is 0 Å². The number of carboxylic acids is 1. The zero-order chi connectivity index (χ0) is 24.4. The molecule has 8 nitrogen and oxygen atoms in total. The van der Waals surface area contributed by atoms with E-state index in [1.807, 2.05) is 24.3 Å². The van der Waals surface area contributed by atoms with E-state index in [-0.39, 0.29) is 11.5 Å². The molecule has 0 saturated carbocycles. The standard InChI is InChI=1S/C27H27N5O3/c1-31-12-14-32(15-13-31)17-18-2-5-21(6-3-18)29-25(19-8-10-28-11-9-19)24-22-16-20(27(34)35)4-7-23(22)30-26(24)33/h2-11,16,29H,12-15,17H2,1H3,(H,30,33)(H,34,35)/b25-24-. The van der Waals surface area contributed by atoms with Crippen molar-refractivity contribution in [3.8, 4) is 0 Å². The molecule has 8 heteroatoms. The van der Waals surface area contributed by atoms with Crippen molar-refractivity contribution < 1.29 is 14.7 Å². The molecule has 3 aromatic rings. The number of nitrogens with one attached hydrogen (secondary N) is 2. The van der Waals surface area contributed by atoms with Crippen molar-refractivity contribution >= 4 is 34.5 Å². The van der Waals surface area contributed by atoms with Crippen LogP contribution in [0.25, 0.3) is 11.3 Å². The third-order valence-corrected chi connectivity index (χ3v) is 6.46. The number of benzene rings is 2. The Kier molecular flexibility index (Phi) is 6.31. The fraction of sp³-hybridized carbons (Fsp3) is 0.222. The number of piperazine rings is 1. The minimum absolute atomic E-state index is 0.125. The molecule has 0 radical (unpaired) electrons. The van der Waals surface area contributed by atoms with Gasteiger partial charge in [0.15, 0.2) is 0 Å². The number of rotatable bonds is 6. The van der Waals surface area contributed by atoms with Crippen LogP contribution in [0.1, 0.15) is 27.0 Å². The highest BCUT2D eigenvalue weighted by atomic mass is 16.4. The summed E-state index contributed by atoms with van der Waals surface area (Å²) in [6.45, 7) is 5.18. The Labute approximate surface area is 203 Å². The van der Waals surface area contributed by atoms with Crippen LogP contribution in [0.3, 0.4) is 0 Å². The number of likely N-dealkylation sites (N-methyl/N-ethyl adjacent to an activating group) is 1. The number of aromatic carboxylic acids is 1. The van der Waals surface area contributed by atoms with Gasteiger partial charge in [0.25, 0.3) is 5.91 Å². The molecule has 3 N–H and O–H groups in total. The summed E-state index contributed by atoms with van der Waals surface area (Å²) in [5.74, 6) is -1.32. The molecule has 2 aliphatic rings. The van der Waals surface area contributed by atoms with Crippen LogP contribution in [0, 0.1) is 0 Å². The van der Waals surface area contributed by atoms with E-state index in [1.165, 1.54) is 17.7 Å². The van der Waals surface area contributed by atoms with Crippen molar-refractivity contribution in [1.29, 1.82) is 0 Å². The average molecular weight is 470 g/mol. The molecule has 0 bridgehead atoms. The number of hydrogen-bond acceptors (Lipinski definition) is 6. The molecule has 1 fully saturated rings. The van der Waals surface area contributed by atoms with Gasteiger partial charge in [-0.05, 0) is 55.1 Å². The average Bonchev–Trinajstić information content (AvgIpc) is 3.20. The van der Waals surface area contributed by atoms with Crippen molar-refractivity contribution in [3.63, 3.8) is 0 Å². The van der Waals surface area contributed by atoms with Gasteiger partial charge in [-0.2, -0.15) is 0 Å². The third-order valence-electron chi connectivity index (χ3n) is 6.46. The molecule has 0 aliphatic carbocycles. The molecule has 178 valence electrons. The number of amides is 1. The van der Waals surface area contributed by atoms with Crippen molar-refractivity contribution in [2.45, 2.75) is 6.54 Å². The first-order valence-electron chi connectivity index (χ1n) is 11.6. The zero-order valence-corrected chi connectivity index (χ0v) is 19.5. The van der Waals surface area contributed by atoms with Crippen LogP contribution in [-0.2, 0) is 11.3 Å². The molecular formula is C27H27N5O3. The molecule has 2 aliphatic heterocycles. The highest BCUT2D eigenvalue weighted by molar-refractivity contribution is 6.37. The van der Waals surface area contributed by atoms with Gasteiger partial charge in [-0.1, -0.05) is 12.1 Å². The van der Waals surface area contributed by atoms with Crippen LogP contribution in [0.5, 0.6) is 0 Å². The number of fused-ring (bicyclic) bond motifs is 1. The van der Waals surface area contributed by atoms with Gasteiger partial charge >= 0.3 is 5.97 Å². The molecule has 1 amide bonds. The molecule has 1 saturated heterocycles. The first kappa shape index (κ1) is 22.8. The van der Waals surface area contributed by atoms with E-state index < -0.39 is 5.97 Å². The fourth-order valence-corrected chi connectivity index (χ4v) is 4.45. The Morgan fingerprint density at radius 2 is 1.71 bits per heavy atom. The van der Waals surface area contributed by atoms with Gasteiger partial charge in [0, 0.05) is 67.6 Å². The van der Waals surface area contributed by atoms with Gasteiger partial charge in [0.1, 0.15) is 0 Å². The van der Waals surface area contributed by atoms with E-state index in [0.717, 1.165) is 44.0 Å². The maximum Gasteiger partial charge on any atom is 0.335 e. The predicted octanol–water partition coefficient (Wildman–Crippen LogP) is 3.46. The summed E-state index contributed by atoms with van der Waals surface area (Å²) < 4.78 is 0. The molecule has 0 spiro atoms. The lowest BCUT2D eigenvalue weighted by Crippen LogP contribution is -2.43. The van der Waals surface area contributed by atoms with E-state index in [9.17, 15) is 14.7 Å². The molecule has 0 atom stereocenters. The summed E-state index contributed by atoms with van der Waals surface area (Å²) in [4.78, 5) is 33.5. The quantitative estimate of drug-likeness (QED) is 0.476. The SMILES string of the molecule is CN1CCN(Cc2ccc(N/C(=C3\C(=O)Nc4ccc(C(=O)O)cc43)c3ccncc3)cc2)CC1. The van der Waals surface area contributed by atoms with E-state index in [0.29, 0.717) is 22.5 Å². The summed E-state index contributed by atoms with van der Waals surface area (Å²) in [6.07, 6.45) is 3.33. The Morgan fingerprint density at radius 1 is 1.00 bits per heavy atom. The van der Waals surface area contributed by atoms with Crippen LogP contribution in [-0.4, -0.2) is 65.0 Å². The molecular weight excluding hydrogens is 442 g/mol. The van der Waals surface area contributed by atoms with Crippen LogP contribution in [0.4, 0.5) is 11.4 Å². The van der Waals surface area contributed by atoms with E-state index in [4.69, 9.17) is 0 Å². The Bertz CT molecular complexity index is 1280. The van der Waals surface area contributed by atoms with E-state index >= 15 is 0 Å². The number of pyridine rings is 1. The van der Waals surface area contributed by atoms with Gasteiger partial charge in [0.05, 0.1) is 16.8 Å². The summed E-state index contributed by atoms with van der Waals surface area (Å²) in [6, 6.07) is 16.5. The monoisotopic (exact) mass is 469 g/mol. The zero-order valence-electron chi connectivity index (χ0n) is 19.5. The number of aromatic nitrogens is 1. The van der Waals surface area contributed by atoms with Gasteiger partial charge < -0.3 is 20.6 Å². The predicted molar refractivity (Wildman–Crippen MR) is 136 cm³/mol. The van der Waals surface area contributed by atoms with Crippen LogP contribution < -0.4 is 10.6 Å². The Morgan fingerprint density at radius 3 is 2.40 bits per heavy atom. The number of carboxylic acid groups (broad SMARTS) is 1. The largest absolute Gasteiger partial charge is 0.478 e. The van der Waals surface area contributed by atoms with Crippen molar-refractivity contribution in [2.75, 3.05) is 43.9 Å². The summed E-state index contributed by atoms with van der Waals surface area (Å²) in [5, 5.41) is 15.7. The first-order valence-corrected chi connectivity index (χ1v) is 11.6. The lowest BCUT2D eigenvalue weighted by molar-refractivity contribution is -0.110. The number of carbonyl (C=O) groups is 2. The maximum absolute atomic E-state index is 13.0. The molecule has 1 aromatic heterocycles. The van der Waals surface area contributed by atoms with E-state index in [1.54, 1.807) is 18.5 Å². The lowest BCUT2D eigenvalue weighted by atomic mass is 9.99. The highest BCUT2D eigenvalue weighted by Gasteiger charge is 2.29. The molecule has 0 unspecified atom stereocenters. The van der Waals surface area contributed by atoms with E-state index in [2.05, 4.69) is 44.6 Å². The topological polar surface area (TPSA) is 97.8 Å². The molecule has 35 heavy (non-hydrogen) atoms. The van der Waals surface area contributed by atoms with Crippen LogP contribution >= 0.6 is 0 Å². The number of anilines is 2. The van der Waals surface area contributed by atoms with Crippen LogP contribution in [0.15, 0.2) is 67.0 Å². The van der Waals surface area contributed by atoms with Crippen molar-refractivity contribution in [1.82, 2.24) is 14.8 Å². The first-order chi connectivity index (χ1) is 17.0. The summed E-state index contributed by atoms with van der Waals surface area (Å²) >= 11 is 0. The smallest absolute Gasteiger partial charge is 0.335 e. The Balaban J connectivity index is 1.47. The normalized spacial score (nSPS) is 17.6. The minimum atomic E-state index is -1.04. The summed E-state index contributed by atoms with van der Waals surface area (Å²) in [5.41, 5.74) is 5.11. The highest BCUT2D eigenvalue weighted by Crippen LogP contribution is 2.38. The fourth-order valence-electron chi connectivity index (χ4n) is 4.45. The second-order valence-corrected chi connectivity index (χ2v) is 8.91.